The first-order valence-electron chi connectivity index (χ1n) is 7.48. The molecule has 1 aromatic carbocycles. The summed E-state index contributed by atoms with van der Waals surface area (Å²) in [5, 5.41) is 8.99. The Morgan fingerprint density at radius 1 is 1.17 bits per heavy atom. The van der Waals surface area contributed by atoms with Gasteiger partial charge in [0, 0.05) is 7.05 Å². The van der Waals surface area contributed by atoms with Gasteiger partial charge in [-0.25, -0.2) is 9.59 Å². The maximum Gasteiger partial charge on any atom is 0.410 e. The van der Waals surface area contributed by atoms with E-state index >= 15 is 0 Å². The van der Waals surface area contributed by atoms with Gasteiger partial charge in [-0.15, -0.1) is 0 Å². The first kappa shape index (κ1) is 19.5. The number of carbonyl (C=O) groups is 3. The SMILES string of the molecule is CN(C(=O)OC(C)(C)C)[C@@H](CC(=O)O)C(=O)OCc1ccccc1. The Balaban J connectivity index is 2.77. The van der Waals surface area contributed by atoms with Gasteiger partial charge in [0.05, 0.1) is 6.42 Å². The Morgan fingerprint density at radius 2 is 1.75 bits per heavy atom. The van der Waals surface area contributed by atoms with Gasteiger partial charge in [0.2, 0.25) is 0 Å². The van der Waals surface area contributed by atoms with Crippen LogP contribution in [0.5, 0.6) is 0 Å². The lowest BCUT2D eigenvalue weighted by molar-refractivity contribution is -0.154. The third-order valence-electron chi connectivity index (χ3n) is 3.01. The predicted octanol–water partition coefficient (Wildman–Crippen LogP) is 2.44. The zero-order valence-electron chi connectivity index (χ0n) is 14.3. The van der Waals surface area contributed by atoms with E-state index in [-0.39, 0.29) is 6.61 Å². The zero-order chi connectivity index (χ0) is 18.3. The number of hydrogen-bond donors (Lipinski definition) is 1. The van der Waals surface area contributed by atoms with Gasteiger partial charge in [0.15, 0.2) is 0 Å². The second-order valence-electron chi connectivity index (χ2n) is 6.30. The molecule has 0 saturated heterocycles. The maximum absolute atomic E-state index is 12.2. The summed E-state index contributed by atoms with van der Waals surface area (Å²) < 4.78 is 10.3. The van der Waals surface area contributed by atoms with Crippen molar-refractivity contribution in [3.8, 4) is 0 Å². The summed E-state index contributed by atoms with van der Waals surface area (Å²) in [5.74, 6) is -2.01. The molecule has 0 aliphatic rings. The minimum Gasteiger partial charge on any atom is -0.481 e. The summed E-state index contributed by atoms with van der Waals surface area (Å²) in [5.41, 5.74) is 0.00686. The summed E-state index contributed by atoms with van der Waals surface area (Å²) in [6.45, 7) is 5.04. The molecule has 0 heterocycles. The molecular weight excluding hydrogens is 314 g/mol. The van der Waals surface area contributed by atoms with Crippen LogP contribution in [0.3, 0.4) is 0 Å². The molecule has 0 radical (unpaired) electrons. The van der Waals surface area contributed by atoms with Gasteiger partial charge in [-0.2, -0.15) is 0 Å². The van der Waals surface area contributed by atoms with E-state index in [1.807, 2.05) is 6.07 Å². The summed E-state index contributed by atoms with van der Waals surface area (Å²) in [4.78, 5) is 36.3. The summed E-state index contributed by atoms with van der Waals surface area (Å²) >= 11 is 0. The highest BCUT2D eigenvalue weighted by Crippen LogP contribution is 2.14. The lowest BCUT2D eigenvalue weighted by Crippen LogP contribution is -2.46. The fourth-order valence-corrected chi connectivity index (χ4v) is 1.83. The van der Waals surface area contributed by atoms with Crippen LogP contribution in [0.15, 0.2) is 30.3 Å². The van der Waals surface area contributed by atoms with Crippen LogP contribution in [-0.4, -0.2) is 46.7 Å². The first-order valence-corrected chi connectivity index (χ1v) is 7.48. The second kappa shape index (κ2) is 8.33. The van der Waals surface area contributed by atoms with Crippen LogP contribution in [0.25, 0.3) is 0 Å². The van der Waals surface area contributed by atoms with Gasteiger partial charge in [-0.05, 0) is 26.3 Å². The van der Waals surface area contributed by atoms with Gasteiger partial charge < -0.3 is 14.6 Å². The van der Waals surface area contributed by atoms with Crippen molar-refractivity contribution in [2.45, 2.75) is 45.4 Å². The minimum atomic E-state index is -1.26. The summed E-state index contributed by atoms with van der Waals surface area (Å²) in [6, 6.07) is 7.71. The summed E-state index contributed by atoms with van der Waals surface area (Å²) in [6.07, 6.45) is -1.35. The predicted molar refractivity (Wildman–Crippen MR) is 86.3 cm³/mol. The first-order chi connectivity index (χ1) is 11.1. The number of nitrogens with zero attached hydrogens (tertiary/aromatic N) is 1. The topological polar surface area (TPSA) is 93.1 Å². The summed E-state index contributed by atoms with van der Waals surface area (Å²) in [7, 11) is 1.31. The molecule has 0 fully saturated rings. The van der Waals surface area contributed by atoms with E-state index < -0.39 is 36.1 Å². The van der Waals surface area contributed by atoms with Crippen LogP contribution in [0.2, 0.25) is 0 Å². The van der Waals surface area contributed by atoms with Crippen molar-refractivity contribution in [2.75, 3.05) is 7.05 Å². The maximum atomic E-state index is 12.2. The Morgan fingerprint density at radius 3 is 2.25 bits per heavy atom. The minimum absolute atomic E-state index is 0.00203. The molecule has 1 atom stereocenters. The van der Waals surface area contributed by atoms with E-state index in [2.05, 4.69) is 0 Å². The van der Waals surface area contributed by atoms with Gasteiger partial charge in [-0.3, -0.25) is 9.69 Å². The molecule has 132 valence electrons. The number of carboxylic acid groups (broad SMARTS) is 1. The van der Waals surface area contributed by atoms with Crippen molar-refractivity contribution in [3.05, 3.63) is 35.9 Å². The third kappa shape index (κ3) is 6.68. The third-order valence-corrected chi connectivity index (χ3v) is 3.01. The van der Waals surface area contributed by atoms with Crippen molar-refractivity contribution >= 4 is 18.0 Å². The number of esters is 1. The van der Waals surface area contributed by atoms with E-state index in [4.69, 9.17) is 14.6 Å². The smallest absolute Gasteiger partial charge is 0.410 e. The molecule has 0 aliphatic carbocycles. The quantitative estimate of drug-likeness (QED) is 0.802. The van der Waals surface area contributed by atoms with Gasteiger partial charge in [0.25, 0.3) is 0 Å². The van der Waals surface area contributed by atoms with E-state index in [1.54, 1.807) is 45.0 Å². The number of ether oxygens (including phenoxy) is 2. The molecule has 0 saturated carbocycles. The van der Waals surface area contributed by atoms with Crippen LogP contribution in [-0.2, 0) is 25.7 Å². The molecule has 7 heteroatoms. The van der Waals surface area contributed by atoms with Gasteiger partial charge in [0.1, 0.15) is 18.2 Å². The second-order valence-corrected chi connectivity index (χ2v) is 6.30. The highest BCUT2D eigenvalue weighted by Gasteiger charge is 2.33. The molecule has 24 heavy (non-hydrogen) atoms. The van der Waals surface area contributed by atoms with E-state index in [1.165, 1.54) is 7.05 Å². The lowest BCUT2D eigenvalue weighted by atomic mass is 10.2. The van der Waals surface area contributed by atoms with Crippen molar-refractivity contribution in [1.29, 1.82) is 0 Å². The number of aliphatic carboxylic acids is 1. The largest absolute Gasteiger partial charge is 0.481 e. The fraction of sp³-hybridized carbons (Fsp3) is 0.471. The van der Waals surface area contributed by atoms with Gasteiger partial charge >= 0.3 is 18.0 Å². The molecule has 1 amide bonds. The molecule has 7 nitrogen and oxygen atoms in total. The normalized spacial score (nSPS) is 12.2. The Labute approximate surface area is 141 Å². The standard InChI is InChI=1S/C17H23NO6/c1-17(2,3)24-16(22)18(4)13(10-14(19)20)15(21)23-11-12-8-6-5-7-9-12/h5-9,13H,10-11H2,1-4H3,(H,19,20)/t13-/m0/s1. The number of benzene rings is 1. The molecule has 0 aliphatic heterocycles. The lowest BCUT2D eigenvalue weighted by Gasteiger charge is -2.28. The monoisotopic (exact) mass is 337 g/mol. The molecule has 1 rings (SSSR count). The van der Waals surface area contributed by atoms with E-state index in [0.717, 1.165) is 10.5 Å². The Kier molecular flexibility index (Phi) is 6.76. The highest BCUT2D eigenvalue weighted by atomic mass is 16.6. The van der Waals surface area contributed by atoms with E-state index in [9.17, 15) is 14.4 Å². The molecule has 0 aromatic heterocycles. The number of rotatable bonds is 6. The molecule has 1 aromatic rings. The number of carboxylic acids is 1. The molecular formula is C17H23NO6. The number of hydrogen-bond acceptors (Lipinski definition) is 5. The van der Waals surface area contributed by atoms with E-state index in [0.29, 0.717) is 0 Å². The fourth-order valence-electron chi connectivity index (χ4n) is 1.83. The molecule has 0 bridgehead atoms. The van der Waals surface area contributed by atoms with Crippen molar-refractivity contribution in [2.24, 2.45) is 0 Å². The van der Waals surface area contributed by atoms with Crippen LogP contribution >= 0.6 is 0 Å². The average molecular weight is 337 g/mol. The average Bonchev–Trinajstić information content (AvgIpc) is 2.48. The van der Waals surface area contributed by atoms with Crippen molar-refractivity contribution in [1.82, 2.24) is 4.90 Å². The molecule has 1 N–H and O–H groups in total. The number of likely N-dealkylation sites (N-methyl/N-ethyl adjacent to an activating group) is 1. The van der Waals surface area contributed by atoms with Crippen LogP contribution in [0.4, 0.5) is 4.79 Å². The Bertz CT molecular complexity index is 578. The number of carbonyl (C=O) groups excluding carboxylic acids is 2. The highest BCUT2D eigenvalue weighted by molar-refractivity contribution is 5.85. The molecule has 0 spiro atoms. The molecule has 0 unspecified atom stereocenters. The number of amides is 1. The van der Waals surface area contributed by atoms with Crippen LogP contribution < -0.4 is 0 Å². The van der Waals surface area contributed by atoms with Crippen LogP contribution in [0.1, 0.15) is 32.8 Å². The van der Waals surface area contributed by atoms with Gasteiger partial charge in [-0.1, -0.05) is 30.3 Å². The Hall–Kier alpha value is -2.57. The zero-order valence-corrected chi connectivity index (χ0v) is 14.3. The van der Waals surface area contributed by atoms with Crippen molar-refractivity contribution < 1.29 is 29.0 Å². The van der Waals surface area contributed by atoms with Crippen molar-refractivity contribution in [3.63, 3.8) is 0 Å². The van der Waals surface area contributed by atoms with Crippen LogP contribution in [0, 0.1) is 0 Å².